The molecule has 1 saturated heterocycles. The van der Waals surface area contributed by atoms with Gasteiger partial charge < -0.3 is 20.0 Å². The molecule has 1 aliphatic heterocycles. The largest absolute Gasteiger partial charge is 0.462 e. The minimum atomic E-state index is 0.412. The number of piperazine rings is 1. The van der Waals surface area contributed by atoms with Gasteiger partial charge >= 0.3 is 0 Å². The molecule has 0 radical (unpaired) electrons. The van der Waals surface area contributed by atoms with Crippen molar-refractivity contribution < 1.29 is 4.42 Å². The number of furan rings is 1. The molecule has 4 aromatic rings. The van der Waals surface area contributed by atoms with Crippen LogP contribution in [0.2, 0.25) is 0 Å². The van der Waals surface area contributed by atoms with Crippen LogP contribution in [0.25, 0.3) is 21.1 Å². The molecule has 3 aromatic heterocycles. The van der Waals surface area contributed by atoms with Crippen LogP contribution in [0.15, 0.2) is 53.1 Å². The van der Waals surface area contributed by atoms with Crippen molar-refractivity contribution in [3.05, 3.63) is 48.7 Å². The van der Waals surface area contributed by atoms with Crippen molar-refractivity contribution in [3.63, 3.8) is 0 Å². The molecule has 27 heavy (non-hydrogen) atoms. The Morgan fingerprint density at radius 3 is 2.41 bits per heavy atom. The van der Waals surface area contributed by atoms with Crippen molar-refractivity contribution in [1.29, 1.82) is 0 Å². The lowest BCUT2D eigenvalue weighted by Crippen LogP contribution is -2.47. The smallest absolute Gasteiger partial charge is 0.228 e. The van der Waals surface area contributed by atoms with Gasteiger partial charge in [-0.2, -0.15) is 9.97 Å². The van der Waals surface area contributed by atoms with Crippen LogP contribution in [0, 0.1) is 0 Å². The van der Waals surface area contributed by atoms with Gasteiger partial charge in [-0.15, -0.1) is 0 Å². The zero-order valence-corrected chi connectivity index (χ0v) is 15.4. The third-order valence-electron chi connectivity index (χ3n) is 4.69. The summed E-state index contributed by atoms with van der Waals surface area (Å²) in [5.41, 5.74) is 8.06. The van der Waals surface area contributed by atoms with Crippen molar-refractivity contribution in [2.45, 2.75) is 0 Å². The SMILES string of the molecule is Nc1nc(N2CCN(c3ccccc3)CC2)nc2sc(-c3ccco3)nc12. The van der Waals surface area contributed by atoms with Crippen LogP contribution < -0.4 is 15.5 Å². The Hall–Kier alpha value is -3.13. The molecule has 0 aliphatic carbocycles. The normalized spacial score (nSPS) is 14.8. The number of anilines is 3. The maximum absolute atomic E-state index is 6.17. The third-order valence-corrected chi connectivity index (χ3v) is 5.65. The van der Waals surface area contributed by atoms with Gasteiger partial charge in [0.25, 0.3) is 0 Å². The summed E-state index contributed by atoms with van der Waals surface area (Å²) < 4.78 is 5.43. The lowest BCUT2D eigenvalue weighted by atomic mass is 10.2. The van der Waals surface area contributed by atoms with Gasteiger partial charge in [-0.05, 0) is 24.3 Å². The zero-order chi connectivity index (χ0) is 18.2. The van der Waals surface area contributed by atoms with E-state index in [1.165, 1.54) is 17.0 Å². The zero-order valence-electron chi connectivity index (χ0n) is 14.6. The highest BCUT2D eigenvalue weighted by atomic mass is 32.1. The second-order valence-corrected chi connectivity index (χ2v) is 7.35. The molecule has 0 unspecified atom stereocenters. The van der Waals surface area contributed by atoms with E-state index in [1.54, 1.807) is 6.26 Å². The highest BCUT2D eigenvalue weighted by molar-refractivity contribution is 7.21. The van der Waals surface area contributed by atoms with E-state index in [-0.39, 0.29) is 0 Å². The predicted molar refractivity (Wildman–Crippen MR) is 108 cm³/mol. The predicted octanol–water partition coefficient (Wildman–Crippen LogP) is 3.26. The molecule has 2 N–H and O–H groups in total. The number of fused-ring (bicyclic) bond motifs is 1. The van der Waals surface area contributed by atoms with Crippen LogP contribution >= 0.6 is 11.3 Å². The average molecular weight is 378 g/mol. The second kappa shape index (κ2) is 6.55. The Bertz CT molecular complexity index is 1050. The molecular weight excluding hydrogens is 360 g/mol. The third kappa shape index (κ3) is 2.97. The van der Waals surface area contributed by atoms with Crippen LogP contribution in [0.5, 0.6) is 0 Å². The summed E-state index contributed by atoms with van der Waals surface area (Å²) in [6.45, 7) is 3.55. The first kappa shape index (κ1) is 16.1. The van der Waals surface area contributed by atoms with Gasteiger partial charge in [0, 0.05) is 31.9 Å². The lowest BCUT2D eigenvalue weighted by molar-refractivity contribution is 0.582. The summed E-state index contributed by atoms with van der Waals surface area (Å²) >= 11 is 1.47. The molecule has 1 aromatic carbocycles. The summed E-state index contributed by atoms with van der Waals surface area (Å²) in [6, 6.07) is 14.2. The summed E-state index contributed by atoms with van der Waals surface area (Å²) in [5, 5.41) is 0.766. The number of nitrogen functional groups attached to an aromatic ring is 1. The average Bonchev–Trinajstić information content (AvgIpc) is 3.38. The van der Waals surface area contributed by atoms with E-state index in [4.69, 9.17) is 15.1 Å². The van der Waals surface area contributed by atoms with Crippen molar-refractivity contribution in [2.24, 2.45) is 0 Å². The van der Waals surface area contributed by atoms with Crippen LogP contribution in [-0.2, 0) is 0 Å². The number of aromatic nitrogens is 3. The Morgan fingerprint density at radius 1 is 0.889 bits per heavy atom. The standard InChI is InChI=1S/C19H18N6OS/c20-16-15-18(27-17(21-15)14-7-4-12-26-14)23-19(22-16)25-10-8-24(9-11-25)13-5-2-1-3-6-13/h1-7,12H,8-11H2,(H2,20,22,23). The van der Waals surface area contributed by atoms with Crippen LogP contribution in [0.1, 0.15) is 0 Å². The Kier molecular flexibility index (Phi) is 3.90. The molecule has 1 fully saturated rings. The summed E-state index contributed by atoms with van der Waals surface area (Å²) in [5.74, 6) is 1.80. The molecule has 136 valence electrons. The van der Waals surface area contributed by atoms with Gasteiger partial charge in [0.1, 0.15) is 5.52 Å². The Labute approximate surface area is 160 Å². The fourth-order valence-corrected chi connectivity index (χ4v) is 4.19. The van der Waals surface area contributed by atoms with Gasteiger partial charge in [0.15, 0.2) is 21.4 Å². The number of hydrogen-bond acceptors (Lipinski definition) is 8. The van der Waals surface area contributed by atoms with Crippen LogP contribution in [0.4, 0.5) is 17.5 Å². The first-order valence-corrected chi connectivity index (χ1v) is 9.62. The van der Waals surface area contributed by atoms with Crippen LogP contribution in [0.3, 0.4) is 0 Å². The number of para-hydroxylation sites is 1. The molecule has 0 spiro atoms. The Morgan fingerprint density at radius 2 is 1.67 bits per heavy atom. The van der Waals surface area contributed by atoms with E-state index in [9.17, 15) is 0 Å². The maximum atomic E-state index is 6.17. The molecule has 1 aliphatic rings. The molecule has 0 saturated carbocycles. The van der Waals surface area contributed by atoms with E-state index in [0.29, 0.717) is 17.3 Å². The first-order chi connectivity index (χ1) is 13.3. The second-order valence-electron chi connectivity index (χ2n) is 6.37. The molecule has 0 atom stereocenters. The van der Waals surface area contributed by atoms with E-state index in [1.807, 2.05) is 18.2 Å². The number of nitrogens with two attached hydrogens (primary N) is 1. The first-order valence-electron chi connectivity index (χ1n) is 8.81. The number of nitrogens with zero attached hydrogens (tertiary/aromatic N) is 5. The van der Waals surface area contributed by atoms with Gasteiger partial charge in [-0.3, -0.25) is 0 Å². The monoisotopic (exact) mass is 378 g/mol. The molecule has 5 rings (SSSR count). The van der Waals surface area contributed by atoms with Crippen molar-refractivity contribution in [3.8, 4) is 10.8 Å². The van der Waals surface area contributed by atoms with Crippen molar-refractivity contribution in [1.82, 2.24) is 15.0 Å². The summed E-state index contributed by atoms with van der Waals surface area (Å²) in [7, 11) is 0. The molecule has 7 nitrogen and oxygen atoms in total. The van der Waals surface area contributed by atoms with Crippen molar-refractivity contribution >= 4 is 39.1 Å². The highest BCUT2D eigenvalue weighted by Crippen LogP contribution is 2.32. The topological polar surface area (TPSA) is 84.3 Å². The van der Waals surface area contributed by atoms with E-state index >= 15 is 0 Å². The molecule has 4 heterocycles. The lowest BCUT2D eigenvalue weighted by Gasteiger charge is -2.36. The minimum absolute atomic E-state index is 0.412. The number of benzene rings is 1. The molecule has 0 amide bonds. The van der Waals surface area contributed by atoms with Crippen LogP contribution in [-0.4, -0.2) is 41.1 Å². The fourth-order valence-electron chi connectivity index (χ4n) is 3.28. The number of hydrogen-bond donors (Lipinski definition) is 1. The Balaban J connectivity index is 1.39. The van der Waals surface area contributed by atoms with Crippen molar-refractivity contribution in [2.75, 3.05) is 41.7 Å². The van der Waals surface area contributed by atoms with Gasteiger partial charge in [0.2, 0.25) is 5.95 Å². The molecule has 0 bridgehead atoms. The number of thiazole rings is 1. The fraction of sp³-hybridized carbons (Fsp3) is 0.211. The quantitative estimate of drug-likeness (QED) is 0.586. The molecule has 8 heteroatoms. The highest BCUT2D eigenvalue weighted by Gasteiger charge is 2.21. The van der Waals surface area contributed by atoms with E-state index in [0.717, 1.165) is 41.8 Å². The summed E-state index contributed by atoms with van der Waals surface area (Å²) in [6.07, 6.45) is 1.63. The maximum Gasteiger partial charge on any atom is 0.228 e. The molecular formula is C19H18N6OS. The van der Waals surface area contributed by atoms with Gasteiger partial charge in [0.05, 0.1) is 6.26 Å². The minimum Gasteiger partial charge on any atom is -0.462 e. The van der Waals surface area contributed by atoms with Gasteiger partial charge in [-0.25, -0.2) is 4.98 Å². The van der Waals surface area contributed by atoms with E-state index < -0.39 is 0 Å². The number of rotatable bonds is 3. The van der Waals surface area contributed by atoms with Gasteiger partial charge in [-0.1, -0.05) is 29.5 Å². The van der Waals surface area contributed by atoms with E-state index in [2.05, 4.69) is 44.0 Å². The summed E-state index contributed by atoms with van der Waals surface area (Å²) in [4.78, 5) is 19.1.